The van der Waals surface area contributed by atoms with Gasteiger partial charge in [0.05, 0.1) is 12.1 Å². The van der Waals surface area contributed by atoms with Gasteiger partial charge in [-0.15, -0.1) is 0 Å². The van der Waals surface area contributed by atoms with Gasteiger partial charge in [0.1, 0.15) is 11.5 Å². The Labute approximate surface area is 124 Å². The van der Waals surface area contributed by atoms with Crippen LogP contribution in [0.15, 0.2) is 30.3 Å². The summed E-state index contributed by atoms with van der Waals surface area (Å²) in [5.74, 6) is 0.488. The number of benzene rings is 1. The summed E-state index contributed by atoms with van der Waals surface area (Å²) in [6.07, 6.45) is 0. The summed E-state index contributed by atoms with van der Waals surface area (Å²) in [7, 11) is 3.41. The molecule has 0 fully saturated rings. The van der Waals surface area contributed by atoms with Crippen LogP contribution in [0.2, 0.25) is 0 Å². The van der Waals surface area contributed by atoms with Gasteiger partial charge < -0.3 is 15.4 Å². The van der Waals surface area contributed by atoms with Crippen molar-refractivity contribution in [2.24, 2.45) is 0 Å². The molecule has 0 unspecified atom stereocenters. The number of ether oxygens (including phenoxy) is 1. The molecule has 0 spiro atoms. The maximum atomic E-state index is 12.4. The number of fused-ring (bicyclic) bond motifs is 1. The maximum Gasteiger partial charge on any atom is 0.270 e. The van der Waals surface area contributed by atoms with E-state index in [1.165, 1.54) is 0 Å². The van der Waals surface area contributed by atoms with Crippen LogP contribution in [0.5, 0.6) is 0 Å². The monoisotopic (exact) mass is 287 g/mol. The summed E-state index contributed by atoms with van der Waals surface area (Å²) < 4.78 is 5.11. The third kappa shape index (κ3) is 3.49. The molecule has 0 bridgehead atoms. The van der Waals surface area contributed by atoms with Crippen molar-refractivity contribution in [2.45, 2.75) is 19.4 Å². The zero-order valence-electron chi connectivity index (χ0n) is 12.9. The second-order valence-corrected chi connectivity index (χ2v) is 5.60. The first-order valence-corrected chi connectivity index (χ1v) is 6.86. The van der Waals surface area contributed by atoms with Gasteiger partial charge >= 0.3 is 0 Å². The van der Waals surface area contributed by atoms with Gasteiger partial charge in [-0.25, -0.2) is 4.98 Å². The summed E-state index contributed by atoms with van der Waals surface area (Å²) in [6.45, 7) is 4.26. The van der Waals surface area contributed by atoms with Gasteiger partial charge in [0.25, 0.3) is 5.91 Å². The van der Waals surface area contributed by atoms with Crippen LogP contribution in [-0.4, -0.2) is 37.2 Å². The van der Waals surface area contributed by atoms with E-state index < -0.39 is 5.54 Å². The van der Waals surface area contributed by atoms with E-state index in [0.29, 0.717) is 18.1 Å². The molecule has 1 aromatic heterocycles. The Kier molecular flexibility index (Phi) is 4.43. The zero-order valence-corrected chi connectivity index (χ0v) is 12.9. The molecular formula is C16H21N3O2. The number of hydrogen-bond donors (Lipinski definition) is 2. The predicted octanol–water partition coefficient (Wildman–Crippen LogP) is 2.43. The minimum absolute atomic E-state index is 0.209. The fourth-order valence-electron chi connectivity index (χ4n) is 2.27. The Morgan fingerprint density at radius 1 is 1.33 bits per heavy atom. The van der Waals surface area contributed by atoms with Gasteiger partial charge in [-0.3, -0.25) is 4.79 Å². The number of carbonyl (C=O) groups is 1. The molecule has 2 rings (SSSR count). The minimum Gasteiger partial charge on any atom is -0.382 e. The van der Waals surface area contributed by atoms with Gasteiger partial charge in [-0.05, 0) is 25.3 Å². The Bertz CT molecular complexity index is 653. The molecule has 5 heteroatoms. The van der Waals surface area contributed by atoms with Crippen LogP contribution in [0.4, 0.5) is 5.82 Å². The first kappa shape index (κ1) is 15.3. The van der Waals surface area contributed by atoms with Gasteiger partial charge in [-0.2, -0.15) is 0 Å². The van der Waals surface area contributed by atoms with Crippen molar-refractivity contribution in [3.8, 4) is 0 Å². The number of amides is 1. The lowest BCUT2D eigenvalue weighted by atomic mass is 10.1. The SMILES string of the molecule is CNc1nc(C(=O)NC(C)(C)COC)cc2ccccc12. The van der Waals surface area contributed by atoms with Crippen molar-refractivity contribution >= 4 is 22.5 Å². The highest BCUT2D eigenvalue weighted by atomic mass is 16.5. The molecule has 5 nitrogen and oxygen atoms in total. The van der Waals surface area contributed by atoms with E-state index in [1.807, 2.05) is 38.1 Å². The number of nitrogens with one attached hydrogen (secondary N) is 2. The van der Waals surface area contributed by atoms with E-state index >= 15 is 0 Å². The third-order valence-corrected chi connectivity index (χ3v) is 3.17. The fraction of sp³-hybridized carbons (Fsp3) is 0.375. The van der Waals surface area contributed by atoms with Crippen molar-refractivity contribution in [1.82, 2.24) is 10.3 Å². The zero-order chi connectivity index (χ0) is 15.5. The highest BCUT2D eigenvalue weighted by molar-refractivity contribution is 6.00. The number of rotatable bonds is 5. The standard InChI is InChI=1S/C16H21N3O2/c1-16(2,10-21-4)19-15(20)13-9-11-7-5-6-8-12(11)14(17-3)18-13/h5-9H,10H2,1-4H3,(H,17,18)(H,19,20). The summed E-state index contributed by atoms with van der Waals surface area (Å²) in [5, 5.41) is 7.94. The molecule has 2 aromatic rings. The topological polar surface area (TPSA) is 63.2 Å². The quantitative estimate of drug-likeness (QED) is 0.886. The molecular weight excluding hydrogens is 266 g/mol. The minimum atomic E-state index is -0.445. The Balaban J connectivity index is 2.36. The van der Waals surface area contributed by atoms with E-state index in [0.717, 1.165) is 10.8 Å². The number of pyridine rings is 1. The lowest BCUT2D eigenvalue weighted by Gasteiger charge is -2.25. The molecule has 0 aliphatic rings. The summed E-state index contributed by atoms with van der Waals surface area (Å²) >= 11 is 0. The average molecular weight is 287 g/mol. The number of aromatic nitrogens is 1. The molecule has 1 aromatic carbocycles. The highest BCUT2D eigenvalue weighted by Gasteiger charge is 2.22. The van der Waals surface area contributed by atoms with Crippen LogP contribution in [0.25, 0.3) is 10.8 Å². The number of hydrogen-bond acceptors (Lipinski definition) is 4. The Hall–Kier alpha value is -2.14. The van der Waals surface area contributed by atoms with Crippen molar-refractivity contribution < 1.29 is 9.53 Å². The fourth-order valence-corrected chi connectivity index (χ4v) is 2.27. The van der Waals surface area contributed by atoms with Crippen molar-refractivity contribution in [2.75, 3.05) is 26.1 Å². The molecule has 112 valence electrons. The average Bonchev–Trinajstić information content (AvgIpc) is 2.45. The molecule has 1 amide bonds. The number of methoxy groups -OCH3 is 1. The van der Waals surface area contributed by atoms with E-state index in [2.05, 4.69) is 15.6 Å². The Morgan fingerprint density at radius 3 is 2.71 bits per heavy atom. The van der Waals surface area contributed by atoms with Crippen LogP contribution in [-0.2, 0) is 4.74 Å². The van der Waals surface area contributed by atoms with Crippen molar-refractivity contribution in [1.29, 1.82) is 0 Å². The third-order valence-electron chi connectivity index (χ3n) is 3.17. The molecule has 0 aliphatic heterocycles. The largest absolute Gasteiger partial charge is 0.382 e. The molecule has 0 aliphatic carbocycles. The van der Waals surface area contributed by atoms with Gasteiger partial charge in [0.2, 0.25) is 0 Å². The Morgan fingerprint density at radius 2 is 2.05 bits per heavy atom. The van der Waals surface area contributed by atoms with Gasteiger partial charge in [0.15, 0.2) is 0 Å². The van der Waals surface area contributed by atoms with Crippen LogP contribution >= 0.6 is 0 Å². The second kappa shape index (κ2) is 6.10. The molecule has 0 saturated carbocycles. The predicted molar refractivity (Wildman–Crippen MR) is 84.7 cm³/mol. The number of anilines is 1. The summed E-state index contributed by atoms with van der Waals surface area (Å²) in [6, 6.07) is 9.64. The van der Waals surface area contributed by atoms with Gasteiger partial charge in [0, 0.05) is 19.5 Å². The molecule has 1 heterocycles. The molecule has 2 N–H and O–H groups in total. The maximum absolute atomic E-state index is 12.4. The highest BCUT2D eigenvalue weighted by Crippen LogP contribution is 2.22. The van der Waals surface area contributed by atoms with E-state index in [-0.39, 0.29) is 5.91 Å². The van der Waals surface area contributed by atoms with Gasteiger partial charge in [-0.1, -0.05) is 24.3 Å². The number of carbonyl (C=O) groups excluding carboxylic acids is 1. The van der Waals surface area contributed by atoms with Crippen LogP contribution < -0.4 is 10.6 Å². The van der Waals surface area contributed by atoms with Crippen LogP contribution in [0.3, 0.4) is 0 Å². The molecule has 0 radical (unpaired) electrons. The summed E-state index contributed by atoms with van der Waals surface area (Å²) in [5.41, 5.74) is -0.0545. The van der Waals surface area contributed by atoms with Crippen molar-refractivity contribution in [3.05, 3.63) is 36.0 Å². The van der Waals surface area contributed by atoms with E-state index in [9.17, 15) is 4.79 Å². The number of nitrogens with zero attached hydrogens (tertiary/aromatic N) is 1. The normalized spacial score (nSPS) is 11.4. The second-order valence-electron chi connectivity index (χ2n) is 5.60. The van der Waals surface area contributed by atoms with E-state index in [4.69, 9.17) is 4.74 Å². The van der Waals surface area contributed by atoms with E-state index in [1.54, 1.807) is 20.2 Å². The first-order chi connectivity index (χ1) is 9.96. The molecule has 0 atom stereocenters. The lowest BCUT2D eigenvalue weighted by molar-refractivity contribution is 0.0815. The lowest BCUT2D eigenvalue weighted by Crippen LogP contribution is -2.47. The first-order valence-electron chi connectivity index (χ1n) is 6.86. The molecule has 21 heavy (non-hydrogen) atoms. The smallest absolute Gasteiger partial charge is 0.270 e. The summed E-state index contributed by atoms with van der Waals surface area (Å²) in [4.78, 5) is 16.8. The van der Waals surface area contributed by atoms with Crippen LogP contribution in [0, 0.1) is 0 Å². The van der Waals surface area contributed by atoms with Crippen LogP contribution in [0.1, 0.15) is 24.3 Å². The van der Waals surface area contributed by atoms with Crippen molar-refractivity contribution in [3.63, 3.8) is 0 Å². The molecule has 0 saturated heterocycles.